The van der Waals surface area contributed by atoms with Crippen molar-refractivity contribution < 1.29 is 13.2 Å². The van der Waals surface area contributed by atoms with Crippen LogP contribution in [0.2, 0.25) is 5.02 Å². The molecule has 0 saturated carbocycles. The predicted octanol–water partition coefficient (Wildman–Crippen LogP) is 7.92. The zero-order valence-corrected chi connectivity index (χ0v) is 26.6. The normalized spacial score (nSPS) is 13.4. The number of carbonyl (C=O) groups is 1. The van der Waals surface area contributed by atoms with Crippen LogP contribution in [0.25, 0.3) is 20.8 Å². The molecule has 5 aromatic rings. The number of halogens is 2. The van der Waals surface area contributed by atoms with Crippen molar-refractivity contribution >= 4 is 83.5 Å². The van der Waals surface area contributed by atoms with Gasteiger partial charge in [-0.2, -0.15) is 0 Å². The number of amides is 1. The molecule has 42 heavy (non-hydrogen) atoms. The monoisotopic (exact) mass is 658 g/mol. The number of sulfonamides is 1. The number of anilines is 2. The standard InChI is InChI=1S/C30H27ClN4O3S3.ClH/c1-2-16-35-17-15-22-26(18-35)40-30(27(22)29-32-24-9-5-6-10-25(24)39-29)33-28(36)21-7-3-4-8-23(21)34-41(37,38)20-13-11-19(31)12-14-20;/h3-14,34H,2,15-18H2,1H3,(H,33,36);1H. The second-order valence-corrected chi connectivity index (χ2v) is 14.0. The summed E-state index contributed by atoms with van der Waals surface area (Å²) in [6.45, 7) is 4.99. The van der Waals surface area contributed by atoms with E-state index in [0.717, 1.165) is 58.3 Å². The molecule has 0 spiro atoms. The molecule has 3 aromatic carbocycles. The van der Waals surface area contributed by atoms with Gasteiger partial charge in [-0.15, -0.1) is 35.1 Å². The third-order valence-corrected chi connectivity index (χ3v) is 10.8. The first-order valence-electron chi connectivity index (χ1n) is 13.2. The molecule has 0 unspecified atom stereocenters. The summed E-state index contributed by atoms with van der Waals surface area (Å²) in [4.78, 5) is 22.4. The van der Waals surface area contributed by atoms with Crippen LogP contribution in [0.4, 0.5) is 10.7 Å². The van der Waals surface area contributed by atoms with Crippen LogP contribution in [0.15, 0.2) is 77.7 Å². The Balaban J connectivity index is 0.00000353. The number of rotatable bonds is 8. The maximum atomic E-state index is 13.8. The largest absolute Gasteiger partial charge is 0.313 e. The highest BCUT2D eigenvalue weighted by Gasteiger charge is 2.28. The summed E-state index contributed by atoms with van der Waals surface area (Å²) in [5, 5.41) is 5.16. The van der Waals surface area contributed by atoms with Gasteiger partial charge in [-0.05, 0) is 73.5 Å². The number of benzene rings is 3. The van der Waals surface area contributed by atoms with E-state index < -0.39 is 15.9 Å². The van der Waals surface area contributed by atoms with Gasteiger partial charge in [0.15, 0.2) is 0 Å². The van der Waals surface area contributed by atoms with Crippen LogP contribution in [-0.4, -0.2) is 37.3 Å². The number of para-hydroxylation sites is 2. The Labute approximate surface area is 264 Å². The van der Waals surface area contributed by atoms with Crippen LogP contribution in [0.3, 0.4) is 0 Å². The SMILES string of the molecule is CCCN1CCc2c(sc(NC(=O)c3ccccc3NS(=O)(=O)c3ccc(Cl)cc3)c2-c2nc3ccccc3s2)C1.Cl. The number of carbonyl (C=O) groups excluding carboxylic acids is 1. The molecule has 218 valence electrons. The van der Waals surface area contributed by atoms with E-state index >= 15 is 0 Å². The lowest BCUT2D eigenvalue weighted by molar-refractivity contribution is 0.102. The first-order valence-corrected chi connectivity index (χ1v) is 16.7. The maximum Gasteiger partial charge on any atom is 0.261 e. The molecule has 6 rings (SSSR count). The van der Waals surface area contributed by atoms with E-state index in [9.17, 15) is 13.2 Å². The Morgan fingerprint density at radius 3 is 2.52 bits per heavy atom. The van der Waals surface area contributed by atoms with Crippen LogP contribution in [0.1, 0.15) is 34.1 Å². The number of nitrogens with zero attached hydrogens (tertiary/aromatic N) is 2. The molecule has 0 saturated heterocycles. The number of aromatic nitrogens is 1. The molecular weight excluding hydrogens is 631 g/mol. The highest BCUT2D eigenvalue weighted by Crippen LogP contribution is 2.46. The molecule has 0 bridgehead atoms. The number of thiophene rings is 1. The summed E-state index contributed by atoms with van der Waals surface area (Å²) in [6, 6.07) is 20.5. The number of thiazole rings is 1. The second kappa shape index (κ2) is 12.7. The molecule has 7 nitrogen and oxygen atoms in total. The van der Waals surface area contributed by atoms with Crippen LogP contribution in [0, 0.1) is 0 Å². The van der Waals surface area contributed by atoms with Gasteiger partial charge in [0.1, 0.15) is 10.0 Å². The minimum absolute atomic E-state index is 0. The maximum absolute atomic E-state index is 13.8. The van der Waals surface area contributed by atoms with Crippen molar-refractivity contribution in [1.29, 1.82) is 0 Å². The summed E-state index contributed by atoms with van der Waals surface area (Å²) in [6.07, 6.45) is 1.96. The van der Waals surface area contributed by atoms with Gasteiger partial charge in [-0.25, -0.2) is 13.4 Å². The van der Waals surface area contributed by atoms with Gasteiger partial charge in [0, 0.05) is 28.6 Å². The zero-order chi connectivity index (χ0) is 28.6. The van der Waals surface area contributed by atoms with Gasteiger partial charge in [0.25, 0.3) is 15.9 Å². The van der Waals surface area contributed by atoms with E-state index in [-0.39, 0.29) is 28.6 Å². The number of hydrogen-bond acceptors (Lipinski definition) is 7. The average molecular weight is 660 g/mol. The van der Waals surface area contributed by atoms with Crippen molar-refractivity contribution in [3.05, 3.63) is 93.8 Å². The molecule has 1 aliphatic rings. The minimum Gasteiger partial charge on any atom is -0.313 e. The van der Waals surface area contributed by atoms with Crippen LogP contribution in [-0.2, 0) is 23.0 Å². The number of fused-ring (bicyclic) bond motifs is 2. The fraction of sp³-hybridized carbons (Fsp3) is 0.200. The van der Waals surface area contributed by atoms with Gasteiger partial charge in [0.2, 0.25) is 0 Å². The minimum atomic E-state index is -3.94. The Bertz CT molecular complexity index is 1820. The van der Waals surface area contributed by atoms with Crippen molar-refractivity contribution in [2.75, 3.05) is 23.1 Å². The summed E-state index contributed by atoms with van der Waals surface area (Å²) >= 11 is 9.13. The predicted molar refractivity (Wildman–Crippen MR) is 176 cm³/mol. The van der Waals surface area contributed by atoms with E-state index in [2.05, 4.69) is 27.9 Å². The Kier molecular flexibility index (Phi) is 9.22. The van der Waals surface area contributed by atoms with Crippen molar-refractivity contribution in [3.8, 4) is 10.6 Å². The summed E-state index contributed by atoms with van der Waals surface area (Å²) in [5.74, 6) is -0.397. The second-order valence-electron chi connectivity index (χ2n) is 9.78. The van der Waals surface area contributed by atoms with E-state index in [4.69, 9.17) is 16.6 Å². The molecule has 1 amide bonds. The van der Waals surface area contributed by atoms with E-state index in [1.165, 1.54) is 34.7 Å². The molecule has 0 radical (unpaired) electrons. The van der Waals surface area contributed by atoms with Crippen LogP contribution in [0.5, 0.6) is 0 Å². The molecule has 0 atom stereocenters. The molecule has 0 fully saturated rings. The zero-order valence-electron chi connectivity index (χ0n) is 22.6. The van der Waals surface area contributed by atoms with Gasteiger partial charge in [-0.3, -0.25) is 14.4 Å². The van der Waals surface area contributed by atoms with Crippen LogP contribution >= 0.6 is 46.7 Å². The Morgan fingerprint density at radius 1 is 1.02 bits per heavy atom. The highest BCUT2D eigenvalue weighted by molar-refractivity contribution is 7.92. The lowest BCUT2D eigenvalue weighted by atomic mass is 10.0. The van der Waals surface area contributed by atoms with Gasteiger partial charge < -0.3 is 5.32 Å². The lowest BCUT2D eigenvalue weighted by Crippen LogP contribution is -2.30. The molecule has 3 heterocycles. The molecule has 2 aromatic heterocycles. The first kappa shape index (κ1) is 30.5. The summed E-state index contributed by atoms with van der Waals surface area (Å²) < 4.78 is 29.8. The first-order chi connectivity index (χ1) is 19.8. The third kappa shape index (κ3) is 6.20. The third-order valence-electron chi connectivity index (χ3n) is 6.95. The van der Waals surface area contributed by atoms with Gasteiger partial charge in [0.05, 0.1) is 26.4 Å². The van der Waals surface area contributed by atoms with Crippen LogP contribution < -0.4 is 10.0 Å². The molecule has 2 N–H and O–H groups in total. The Hall–Kier alpha value is -2.99. The van der Waals surface area contributed by atoms with Gasteiger partial charge in [-0.1, -0.05) is 42.8 Å². The van der Waals surface area contributed by atoms with Crippen molar-refractivity contribution in [2.45, 2.75) is 31.2 Å². The quantitative estimate of drug-likeness (QED) is 0.177. The molecule has 0 aliphatic carbocycles. The average Bonchev–Trinajstić information content (AvgIpc) is 3.54. The lowest BCUT2D eigenvalue weighted by Gasteiger charge is -2.26. The molecule has 1 aliphatic heterocycles. The highest BCUT2D eigenvalue weighted by atomic mass is 35.5. The van der Waals surface area contributed by atoms with E-state index in [1.54, 1.807) is 46.9 Å². The Morgan fingerprint density at radius 2 is 1.76 bits per heavy atom. The van der Waals surface area contributed by atoms with Gasteiger partial charge >= 0.3 is 0 Å². The summed E-state index contributed by atoms with van der Waals surface area (Å²) in [5.41, 5.74) is 3.54. The van der Waals surface area contributed by atoms with E-state index in [1.807, 2.05) is 18.2 Å². The van der Waals surface area contributed by atoms with Crippen molar-refractivity contribution in [3.63, 3.8) is 0 Å². The van der Waals surface area contributed by atoms with E-state index in [0.29, 0.717) is 5.02 Å². The fourth-order valence-corrected chi connectivity index (χ4v) is 8.62. The topological polar surface area (TPSA) is 91.4 Å². The fourth-order valence-electron chi connectivity index (χ4n) is 5.01. The van der Waals surface area contributed by atoms with Crippen molar-refractivity contribution in [1.82, 2.24) is 9.88 Å². The number of nitrogens with one attached hydrogen (secondary N) is 2. The summed E-state index contributed by atoms with van der Waals surface area (Å²) in [7, 11) is -3.94. The number of hydrogen-bond donors (Lipinski definition) is 2. The van der Waals surface area contributed by atoms with Crippen molar-refractivity contribution in [2.24, 2.45) is 0 Å². The smallest absolute Gasteiger partial charge is 0.261 e. The molecular formula is C30H28Cl2N4O3S3. The molecule has 12 heteroatoms.